The van der Waals surface area contributed by atoms with Crippen LogP contribution in [0.1, 0.15) is 10.4 Å². The topological polar surface area (TPSA) is 55.1 Å². The quantitative estimate of drug-likeness (QED) is 0.822. The summed E-state index contributed by atoms with van der Waals surface area (Å²) in [5.41, 5.74) is 7.32. The van der Waals surface area contributed by atoms with E-state index in [-0.39, 0.29) is 5.91 Å². The molecule has 2 aromatic rings. The number of nitrogens with one attached hydrogen (secondary N) is 1. The first-order valence-corrected chi connectivity index (χ1v) is 6.35. The van der Waals surface area contributed by atoms with Gasteiger partial charge in [0.05, 0.1) is 10.6 Å². The van der Waals surface area contributed by atoms with Gasteiger partial charge in [0.25, 0.3) is 5.91 Å². The smallest absolute Gasteiger partial charge is 0.257 e. The highest BCUT2D eigenvalue weighted by molar-refractivity contribution is 9.10. The summed E-state index contributed by atoms with van der Waals surface area (Å²) in [6.07, 6.45) is 0. The summed E-state index contributed by atoms with van der Waals surface area (Å²) in [4.78, 5) is 12.0. The summed E-state index contributed by atoms with van der Waals surface area (Å²) in [6.45, 7) is 0. The molecule has 0 atom stereocenters. The molecule has 0 aliphatic carbocycles. The zero-order valence-corrected chi connectivity index (χ0v) is 11.6. The lowest BCUT2D eigenvalue weighted by atomic mass is 10.2. The number of hydrogen-bond donors (Lipinski definition) is 2. The standard InChI is InChI=1S/C13H10BrClN2O/c14-8-1-6-11(12(15)7-8)13(18)17-10-4-2-9(16)3-5-10/h1-7H,16H2,(H,17,18). The molecule has 0 heterocycles. The number of nitrogens with two attached hydrogens (primary N) is 1. The van der Waals surface area contributed by atoms with Crippen LogP contribution in [0.4, 0.5) is 11.4 Å². The van der Waals surface area contributed by atoms with Crippen LogP contribution in [0, 0.1) is 0 Å². The molecule has 0 fully saturated rings. The average molecular weight is 326 g/mol. The van der Waals surface area contributed by atoms with E-state index in [1.165, 1.54) is 0 Å². The minimum absolute atomic E-state index is 0.253. The van der Waals surface area contributed by atoms with Gasteiger partial charge in [-0.05, 0) is 42.5 Å². The Morgan fingerprint density at radius 2 is 1.83 bits per heavy atom. The van der Waals surface area contributed by atoms with Crippen LogP contribution >= 0.6 is 27.5 Å². The van der Waals surface area contributed by atoms with Gasteiger partial charge in [0, 0.05) is 15.8 Å². The summed E-state index contributed by atoms with van der Waals surface area (Å²) in [5.74, 6) is -0.253. The van der Waals surface area contributed by atoms with Crippen molar-refractivity contribution < 1.29 is 4.79 Å². The van der Waals surface area contributed by atoms with E-state index in [0.717, 1.165) is 4.47 Å². The lowest BCUT2D eigenvalue weighted by molar-refractivity contribution is 0.102. The third kappa shape index (κ3) is 3.03. The van der Waals surface area contributed by atoms with Gasteiger partial charge in [-0.2, -0.15) is 0 Å². The zero-order chi connectivity index (χ0) is 13.1. The van der Waals surface area contributed by atoms with Crippen LogP contribution in [0.25, 0.3) is 0 Å². The maximum absolute atomic E-state index is 12.0. The summed E-state index contributed by atoms with van der Waals surface area (Å²) in [6, 6.07) is 12.0. The Kier molecular flexibility index (Phi) is 3.89. The Bertz CT molecular complexity index is 584. The van der Waals surface area contributed by atoms with Crippen LogP contribution in [0.5, 0.6) is 0 Å². The van der Waals surface area contributed by atoms with Gasteiger partial charge in [0.2, 0.25) is 0 Å². The second-order valence-corrected chi connectivity index (χ2v) is 5.02. The van der Waals surface area contributed by atoms with Gasteiger partial charge >= 0.3 is 0 Å². The molecule has 0 radical (unpaired) electrons. The number of hydrogen-bond acceptors (Lipinski definition) is 2. The van der Waals surface area contributed by atoms with E-state index in [2.05, 4.69) is 21.2 Å². The highest BCUT2D eigenvalue weighted by Crippen LogP contribution is 2.22. The lowest BCUT2D eigenvalue weighted by Gasteiger charge is -2.07. The summed E-state index contributed by atoms with van der Waals surface area (Å²) >= 11 is 9.30. The maximum Gasteiger partial charge on any atom is 0.257 e. The highest BCUT2D eigenvalue weighted by atomic mass is 79.9. The van der Waals surface area contributed by atoms with Crippen molar-refractivity contribution in [3.05, 3.63) is 57.5 Å². The Morgan fingerprint density at radius 3 is 2.44 bits per heavy atom. The third-order valence-electron chi connectivity index (χ3n) is 2.34. The van der Waals surface area contributed by atoms with E-state index in [9.17, 15) is 4.79 Å². The van der Waals surface area contributed by atoms with Gasteiger partial charge in [-0.15, -0.1) is 0 Å². The predicted molar refractivity (Wildman–Crippen MR) is 78.0 cm³/mol. The molecule has 0 saturated heterocycles. The van der Waals surface area contributed by atoms with Crippen molar-refractivity contribution in [2.45, 2.75) is 0 Å². The fraction of sp³-hybridized carbons (Fsp3) is 0. The lowest BCUT2D eigenvalue weighted by Crippen LogP contribution is -2.12. The third-order valence-corrected chi connectivity index (χ3v) is 3.15. The Hall–Kier alpha value is -1.52. The molecule has 92 valence electrons. The maximum atomic E-state index is 12.0. The molecule has 0 saturated carbocycles. The second-order valence-electron chi connectivity index (χ2n) is 3.70. The molecule has 0 spiro atoms. The van der Waals surface area contributed by atoms with E-state index < -0.39 is 0 Å². The monoisotopic (exact) mass is 324 g/mol. The number of anilines is 2. The van der Waals surface area contributed by atoms with Crippen LogP contribution in [-0.4, -0.2) is 5.91 Å². The fourth-order valence-electron chi connectivity index (χ4n) is 1.44. The molecule has 0 aliphatic rings. The van der Waals surface area contributed by atoms with Crippen molar-refractivity contribution in [1.29, 1.82) is 0 Å². The van der Waals surface area contributed by atoms with Gasteiger partial charge in [-0.25, -0.2) is 0 Å². The molecule has 1 amide bonds. The van der Waals surface area contributed by atoms with Gasteiger partial charge < -0.3 is 11.1 Å². The molecule has 5 heteroatoms. The SMILES string of the molecule is Nc1ccc(NC(=O)c2ccc(Br)cc2Cl)cc1. The minimum Gasteiger partial charge on any atom is -0.399 e. The number of halogens is 2. The van der Waals surface area contributed by atoms with Gasteiger partial charge in [0.1, 0.15) is 0 Å². The molecular formula is C13H10BrClN2O. The molecule has 0 unspecified atom stereocenters. The minimum atomic E-state index is -0.253. The number of nitrogen functional groups attached to an aromatic ring is 1. The average Bonchev–Trinajstić information content (AvgIpc) is 2.32. The van der Waals surface area contributed by atoms with E-state index in [1.54, 1.807) is 42.5 Å². The number of carbonyl (C=O) groups is 1. The first kappa shape index (κ1) is 12.9. The van der Waals surface area contributed by atoms with Crippen LogP contribution in [0.2, 0.25) is 5.02 Å². The predicted octanol–water partition coefficient (Wildman–Crippen LogP) is 3.94. The molecule has 0 aliphatic heterocycles. The fourth-order valence-corrected chi connectivity index (χ4v) is 2.20. The van der Waals surface area contributed by atoms with Crippen molar-refractivity contribution in [1.82, 2.24) is 0 Å². The van der Waals surface area contributed by atoms with Gasteiger partial charge in [0.15, 0.2) is 0 Å². The Balaban J connectivity index is 2.19. The number of amides is 1. The van der Waals surface area contributed by atoms with Gasteiger partial charge in [-0.3, -0.25) is 4.79 Å². The van der Waals surface area contributed by atoms with E-state index >= 15 is 0 Å². The van der Waals surface area contributed by atoms with Crippen molar-refractivity contribution >= 4 is 44.8 Å². The first-order valence-electron chi connectivity index (χ1n) is 5.18. The summed E-state index contributed by atoms with van der Waals surface area (Å²) < 4.78 is 0.830. The molecular weight excluding hydrogens is 316 g/mol. The van der Waals surface area contributed by atoms with E-state index in [1.807, 2.05) is 0 Å². The highest BCUT2D eigenvalue weighted by Gasteiger charge is 2.10. The molecule has 0 bridgehead atoms. The van der Waals surface area contributed by atoms with Crippen molar-refractivity contribution in [2.24, 2.45) is 0 Å². The van der Waals surface area contributed by atoms with Crippen LogP contribution in [0.3, 0.4) is 0 Å². The molecule has 18 heavy (non-hydrogen) atoms. The molecule has 0 aromatic heterocycles. The van der Waals surface area contributed by atoms with E-state index in [0.29, 0.717) is 22.0 Å². The van der Waals surface area contributed by atoms with E-state index in [4.69, 9.17) is 17.3 Å². The number of benzene rings is 2. The van der Waals surface area contributed by atoms with Crippen LogP contribution in [-0.2, 0) is 0 Å². The number of rotatable bonds is 2. The van der Waals surface area contributed by atoms with Crippen molar-refractivity contribution in [2.75, 3.05) is 11.1 Å². The summed E-state index contributed by atoms with van der Waals surface area (Å²) in [7, 11) is 0. The molecule has 2 aromatic carbocycles. The van der Waals surface area contributed by atoms with Crippen molar-refractivity contribution in [3.8, 4) is 0 Å². The van der Waals surface area contributed by atoms with Crippen molar-refractivity contribution in [3.63, 3.8) is 0 Å². The van der Waals surface area contributed by atoms with Gasteiger partial charge in [-0.1, -0.05) is 27.5 Å². The second kappa shape index (κ2) is 5.42. The molecule has 3 N–H and O–H groups in total. The Labute approximate surface area is 118 Å². The normalized spacial score (nSPS) is 10.1. The number of carbonyl (C=O) groups excluding carboxylic acids is 1. The zero-order valence-electron chi connectivity index (χ0n) is 9.28. The largest absolute Gasteiger partial charge is 0.399 e. The molecule has 2 rings (SSSR count). The van der Waals surface area contributed by atoms with Crippen LogP contribution in [0.15, 0.2) is 46.9 Å². The summed E-state index contributed by atoms with van der Waals surface area (Å²) in [5, 5.41) is 3.15. The first-order chi connectivity index (χ1) is 8.56. The Morgan fingerprint density at radius 1 is 1.17 bits per heavy atom. The molecule has 3 nitrogen and oxygen atoms in total. The van der Waals surface area contributed by atoms with Crippen LogP contribution < -0.4 is 11.1 Å².